The first-order valence-corrected chi connectivity index (χ1v) is 7.05. The minimum absolute atomic E-state index is 0.168. The van der Waals surface area contributed by atoms with Gasteiger partial charge >= 0.3 is 0 Å². The molecule has 0 saturated heterocycles. The zero-order valence-electron chi connectivity index (χ0n) is 12.1. The van der Waals surface area contributed by atoms with Crippen molar-refractivity contribution in [2.75, 3.05) is 26.4 Å². The van der Waals surface area contributed by atoms with E-state index in [1.807, 2.05) is 0 Å². The van der Waals surface area contributed by atoms with Crippen LogP contribution in [0.2, 0.25) is 0 Å². The number of aliphatic hydroxyl groups excluding tert-OH is 1. The van der Waals surface area contributed by atoms with E-state index < -0.39 is 0 Å². The molecule has 3 heteroatoms. The molecule has 0 aromatic heterocycles. The second-order valence-corrected chi connectivity index (χ2v) is 5.15. The smallest absolute Gasteiger partial charge is 0.0611 e. The molecule has 0 radical (unpaired) electrons. The molecule has 17 heavy (non-hydrogen) atoms. The molecule has 0 bridgehead atoms. The summed E-state index contributed by atoms with van der Waals surface area (Å²) in [6, 6.07) is 0. The number of aliphatic hydroxyl groups is 1. The highest BCUT2D eigenvalue weighted by atomic mass is 16.5. The van der Waals surface area contributed by atoms with Gasteiger partial charge in [0.1, 0.15) is 0 Å². The Balaban J connectivity index is 3.75. The Morgan fingerprint density at radius 1 is 1.24 bits per heavy atom. The first kappa shape index (κ1) is 16.9. The zero-order chi connectivity index (χ0) is 13.1. The van der Waals surface area contributed by atoms with Gasteiger partial charge in [0.05, 0.1) is 6.61 Å². The summed E-state index contributed by atoms with van der Waals surface area (Å²) in [5.41, 5.74) is -0.191. The quantitative estimate of drug-likeness (QED) is 0.550. The van der Waals surface area contributed by atoms with E-state index in [1.54, 1.807) is 0 Å². The fraction of sp³-hybridized carbons (Fsp3) is 1.00. The van der Waals surface area contributed by atoms with E-state index >= 15 is 0 Å². The van der Waals surface area contributed by atoms with Crippen LogP contribution in [0.3, 0.4) is 0 Å². The van der Waals surface area contributed by atoms with Gasteiger partial charge in [0, 0.05) is 18.8 Å². The SMILES string of the molecule is CCCNC(C)(CO)CCOCC(CC)CC. The van der Waals surface area contributed by atoms with Crippen LogP contribution in [0.5, 0.6) is 0 Å². The number of hydrogen-bond acceptors (Lipinski definition) is 3. The Bertz CT molecular complexity index is 172. The third kappa shape index (κ3) is 7.74. The van der Waals surface area contributed by atoms with Crippen molar-refractivity contribution in [2.45, 2.75) is 58.9 Å². The van der Waals surface area contributed by atoms with E-state index in [0.29, 0.717) is 5.92 Å². The van der Waals surface area contributed by atoms with Crippen molar-refractivity contribution in [2.24, 2.45) is 5.92 Å². The third-order valence-corrected chi connectivity index (χ3v) is 3.46. The average molecular weight is 245 g/mol. The molecule has 1 atom stereocenters. The van der Waals surface area contributed by atoms with Gasteiger partial charge in [-0.15, -0.1) is 0 Å². The van der Waals surface area contributed by atoms with Crippen molar-refractivity contribution in [3.63, 3.8) is 0 Å². The number of ether oxygens (including phenoxy) is 1. The molecule has 0 aliphatic rings. The summed E-state index contributed by atoms with van der Waals surface area (Å²) in [5, 5.41) is 12.8. The standard InChI is InChI=1S/C14H31NO2/c1-5-9-15-14(4,12-16)8-10-17-11-13(6-2)7-3/h13,15-16H,5-12H2,1-4H3. The normalized spacial score (nSPS) is 15.2. The van der Waals surface area contributed by atoms with Gasteiger partial charge in [-0.25, -0.2) is 0 Å². The summed E-state index contributed by atoms with van der Waals surface area (Å²) in [6.07, 6.45) is 4.32. The highest BCUT2D eigenvalue weighted by Crippen LogP contribution is 2.11. The summed E-state index contributed by atoms with van der Waals surface area (Å²) in [5.74, 6) is 0.680. The summed E-state index contributed by atoms with van der Waals surface area (Å²) >= 11 is 0. The van der Waals surface area contributed by atoms with Crippen LogP contribution in [-0.4, -0.2) is 37.0 Å². The lowest BCUT2D eigenvalue weighted by Gasteiger charge is -2.29. The van der Waals surface area contributed by atoms with Crippen LogP contribution in [0.25, 0.3) is 0 Å². The molecule has 1 unspecified atom stereocenters. The summed E-state index contributed by atoms with van der Waals surface area (Å²) in [4.78, 5) is 0. The fourth-order valence-corrected chi connectivity index (χ4v) is 1.72. The van der Waals surface area contributed by atoms with Gasteiger partial charge in [-0.05, 0) is 32.2 Å². The molecule has 0 amide bonds. The van der Waals surface area contributed by atoms with E-state index in [0.717, 1.165) is 32.6 Å². The van der Waals surface area contributed by atoms with Crippen molar-refractivity contribution < 1.29 is 9.84 Å². The van der Waals surface area contributed by atoms with E-state index in [1.165, 1.54) is 12.8 Å². The van der Waals surface area contributed by atoms with Crippen LogP contribution < -0.4 is 5.32 Å². The predicted octanol–water partition coefficient (Wildman–Crippen LogP) is 2.58. The monoisotopic (exact) mass is 245 g/mol. The van der Waals surface area contributed by atoms with E-state index in [-0.39, 0.29) is 12.1 Å². The molecule has 0 heterocycles. The van der Waals surface area contributed by atoms with Crippen molar-refractivity contribution in [3.05, 3.63) is 0 Å². The summed E-state index contributed by atoms with van der Waals surface area (Å²) in [7, 11) is 0. The topological polar surface area (TPSA) is 41.5 Å². The van der Waals surface area contributed by atoms with Gasteiger partial charge in [0.15, 0.2) is 0 Å². The lowest BCUT2D eigenvalue weighted by Crippen LogP contribution is -2.47. The van der Waals surface area contributed by atoms with Gasteiger partial charge in [-0.2, -0.15) is 0 Å². The highest BCUT2D eigenvalue weighted by molar-refractivity contribution is 4.81. The van der Waals surface area contributed by atoms with Gasteiger partial charge < -0.3 is 15.2 Å². The molecule has 0 saturated carbocycles. The Kier molecular flexibility index (Phi) is 9.79. The lowest BCUT2D eigenvalue weighted by atomic mass is 9.99. The minimum atomic E-state index is -0.191. The van der Waals surface area contributed by atoms with E-state index in [4.69, 9.17) is 4.74 Å². The number of hydrogen-bond donors (Lipinski definition) is 2. The molecule has 0 rings (SSSR count). The summed E-state index contributed by atoms with van der Waals surface area (Å²) < 4.78 is 5.70. The van der Waals surface area contributed by atoms with Crippen molar-refractivity contribution in [1.29, 1.82) is 0 Å². The lowest BCUT2D eigenvalue weighted by molar-refractivity contribution is 0.0649. The molecule has 0 spiro atoms. The molecule has 0 aliphatic heterocycles. The maximum absolute atomic E-state index is 9.39. The predicted molar refractivity (Wildman–Crippen MR) is 73.3 cm³/mol. The molecular formula is C14H31NO2. The second-order valence-electron chi connectivity index (χ2n) is 5.15. The minimum Gasteiger partial charge on any atom is -0.394 e. The van der Waals surface area contributed by atoms with Crippen LogP contribution in [0.4, 0.5) is 0 Å². The number of rotatable bonds is 11. The van der Waals surface area contributed by atoms with Crippen molar-refractivity contribution in [3.8, 4) is 0 Å². The van der Waals surface area contributed by atoms with Crippen LogP contribution >= 0.6 is 0 Å². The van der Waals surface area contributed by atoms with Gasteiger partial charge in [-0.3, -0.25) is 0 Å². The Morgan fingerprint density at radius 3 is 2.35 bits per heavy atom. The molecule has 0 aliphatic carbocycles. The molecule has 0 fully saturated rings. The Hall–Kier alpha value is -0.120. The van der Waals surface area contributed by atoms with Crippen LogP contribution in [-0.2, 0) is 4.74 Å². The molecule has 3 nitrogen and oxygen atoms in total. The number of nitrogens with one attached hydrogen (secondary N) is 1. The molecule has 0 aromatic carbocycles. The zero-order valence-corrected chi connectivity index (χ0v) is 12.1. The Morgan fingerprint density at radius 2 is 1.88 bits per heavy atom. The molecule has 0 aromatic rings. The van der Waals surface area contributed by atoms with Gasteiger partial charge in [0.2, 0.25) is 0 Å². The fourth-order valence-electron chi connectivity index (χ4n) is 1.72. The van der Waals surface area contributed by atoms with Crippen LogP contribution in [0.1, 0.15) is 53.4 Å². The maximum atomic E-state index is 9.39. The summed E-state index contributed by atoms with van der Waals surface area (Å²) in [6.45, 7) is 11.3. The van der Waals surface area contributed by atoms with Crippen LogP contribution in [0, 0.1) is 5.92 Å². The van der Waals surface area contributed by atoms with Gasteiger partial charge in [0.25, 0.3) is 0 Å². The van der Waals surface area contributed by atoms with E-state index in [9.17, 15) is 5.11 Å². The van der Waals surface area contributed by atoms with E-state index in [2.05, 4.69) is 33.0 Å². The third-order valence-electron chi connectivity index (χ3n) is 3.46. The van der Waals surface area contributed by atoms with Crippen LogP contribution in [0.15, 0.2) is 0 Å². The largest absolute Gasteiger partial charge is 0.394 e. The second kappa shape index (κ2) is 9.86. The molecular weight excluding hydrogens is 214 g/mol. The van der Waals surface area contributed by atoms with Gasteiger partial charge in [-0.1, -0.05) is 33.6 Å². The molecule has 104 valence electrons. The van der Waals surface area contributed by atoms with Crippen molar-refractivity contribution in [1.82, 2.24) is 5.32 Å². The Labute approximate surface area is 107 Å². The van der Waals surface area contributed by atoms with Crippen molar-refractivity contribution >= 4 is 0 Å². The first-order valence-electron chi connectivity index (χ1n) is 7.05. The highest BCUT2D eigenvalue weighted by Gasteiger charge is 2.21. The molecule has 2 N–H and O–H groups in total. The maximum Gasteiger partial charge on any atom is 0.0611 e. The average Bonchev–Trinajstić information content (AvgIpc) is 2.36. The first-order chi connectivity index (χ1) is 8.11.